The molecular formula is C11H9ClF3NOS. The zero-order valence-corrected chi connectivity index (χ0v) is 10.7. The number of hydrogen-bond acceptors (Lipinski definition) is 2. The molecular weight excluding hydrogens is 287 g/mol. The van der Waals surface area contributed by atoms with Crippen LogP contribution in [-0.2, 0) is 11.0 Å². The molecule has 1 atom stereocenters. The zero-order valence-electron chi connectivity index (χ0n) is 9.04. The van der Waals surface area contributed by atoms with Gasteiger partial charge in [0.25, 0.3) is 0 Å². The number of benzene rings is 1. The van der Waals surface area contributed by atoms with Crippen molar-refractivity contribution in [3.8, 4) is 0 Å². The minimum absolute atomic E-state index is 0.150. The van der Waals surface area contributed by atoms with E-state index in [1.54, 1.807) is 0 Å². The monoisotopic (exact) mass is 295 g/mol. The molecule has 1 aromatic rings. The molecule has 2 nitrogen and oxygen atoms in total. The minimum Gasteiger partial charge on any atom is -0.311 e. The molecule has 0 aliphatic carbocycles. The van der Waals surface area contributed by atoms with E-state index in [0.717, 1.165) is 12.1 Å². The second-order valence-electron chi connectivity index (χ2n) is 4.02. The average Bonchev–Trinajstić information content (AvgIpc) is 2.57. The van der Waals surface area contributed by atoms with Gasteiger partial charge in [-0.1, -0.05) is 11.6 Å². The molecule has 0 N–H and O–H groups in total. The number of hydrogen-bond donors (Lipinski definition) is 1. The van der Waals surface area contributed by atoms with Gasteiger partial charge in [-0.15, -0.1) is 0 Å². The van der Waals surface area contributed by atoms with E-state index in [2.05, 4.69) is 12.6 Å². The first kappa shape index (κ1) is 13.5. The molecule has 0 aromatic heterocycles. The van der Waals surface area contributed by atoms with Gasteiger partial charge in [-0.05, 0) is 18.2 Å². The molecule has 1 unspecified atom stereocenters. The Labute approximate surface area is 112 Å². The largest absolute Gasteiger partial charge is 0.417 e. The van der Waals surface area contributed by atoms with Crippen molar-refractivity contribution in [3.63, 3.8) is 0 Å². The Morgan fingerprint density at radius 3 is 2.56 bits per heavy atom. The highest BCUT2D eigenvalue weighted by Gasteiger charge is 2.35. The molecule has 2 rings (SSSR count). The lowest BCUT2D eigenvalue weighted by molar-refractivity contribution is -0.137. The highest BCUT2D eigenvalue weighted by Crippen LogP contribution is 2.37. The van der Waals surface area contributed by atoms with Crippen LogP contribution in [0.15, 0.2) is 18.2 Å². The molecule has 1 aliphatic rings. The van der Waals surface area contributed by atoms with Crippen molar-refractivity contribution < 1.29 is 18.0 Å². The molecule has 0 spiro atoms. The molecule has 1 heterocycles. The summed E-state index contributed by atoms with van der Waals surface area (Å²) in [7, 11) is 0. The summed E-state index contributed by atoms with van der Waals surface area (Å²) < 4.78 is 38.1. The van der Waals surface area contributed by atoms with Crippen LogP contribution in [0.25, 0.3) is 0 Å². The maximum Gasteiger partial charge on any atom is 0.417 e. The van der Waals surface area contributed by atoms with E-state index in [9.17, 15) is 18.0 Å². The summed E-state index contributed by atoms with van der Waals surface area (Å²) in [5.41, 5.74) is -0.731. The molecule has 0 bridgehead atoms. The number of alkyl halides is 3. The summed E-state index contributed by atoms with van der Waals surface area (Å²) in [6.45, 7) is 0.306. The van der Waals surface area contributed by atoms with Gasteiger partial charge >= 0.3 is 6.18 Å². The summed E-state index contributed by atoms with van der Waals surface area (Å²) in [5.74, 6) is -0.231. The van der Waals surface area contributed by atoms with Gasteiger partial charge in [-0.2, -0.15) is 25.8 Å². The molecule has 1 aromatic carbocycles. The van der Waals surface area contributed by atoms with E-state index in [1.165, 1.54) is 11.0 Å². The number of carbonyl (C=O) groups is 1. The van der Waals surface area contributed by atoms with Gasteiger partial charge in [0, 0.05) is 23.9 Å². The predicted octanol–water partition coefficient (Wildman–Crippen LogP) is 3.39. The zero-order chi connectivity index (χ0) is 13.5. The Kier molecular flexibility index (Phi) is 3.51. The lowest BCUT2D eigenvalue weighted by atomic mass is 10.2. The van der Waals surface area contributed by atoms with Crippen molar-refractivity contribution >= 4 is 35.8 Å². The third kappa shape index (κ3) is 2.59. The van der Waals surface area contributed by atoms with Gasteiger partial charge in [0.2, 0.25) is 5.91 Å². The van der Waals surface area contributed by atoms with Crippen molar-refractivity contribution in [1.29, 1.82) is 0 Å². The fourth-order valence-electron chi connectivity index (χ4n) is 1.84. The highest BCUT2D eigenvalue weighted by molar-refractivity contribution is 7.81. The quantitative estimate of drug-likeness (QED) is 0.788. The molecule has 1 fully saturated rings. The van der Waals surface area contributed by atoms with Crippen molar-refractivity contribution in [2.24, 2.45) is 0 Å². The van der Waals surface area contributed by atoms with Crippen molar-refractivity contribution in [2.75, 3.05) is 11.4 Å². The van der Waals surface area contributed by atoms with E-state index >= 15 is 0 Å². The second kappa shape index (κ2) is 4.66. The Morgan fingerprint density at radius 2 is 2.06 bits per heavy atom. The predicted molar refractivity (Wildman–Crippen MR) is 66.2 cm³/mol. The maximum atomic E-state index is 12.7. The Balaban J connectivity index is 2.39. The van der Waals surface area contributed by atoms with Crippen LogP contribution in [0.5, 0.6) is 0 Å². The lowest BCUT2D eigenvalue weighted by Gasteiger charge is -2.18. The number of amides is 1. The number of halogens is 4. The summed E-state index contributed by atoms with van der Waals surface area (Å²) in [6.07, 6.45) is -4.30. The van der Waals surface area contributed by atoms with Crippen LogP contribution in [0.1, 0.15) is 12.0 Å². The number of anilines is 1. The fourth-order valence-corrected chi connectivity index (χ4v) is 2.38. The van der Waals surface area contributed by atoms with Gasteiger partial charge in [-0.3, -0.25) is 4.79 Å². The molecule has 0 radical (unpaired) electrons. The third-order valence-electron chi connectivity index (χ3n) is 2.67. The van der Waals surface area contributed by atoms with Gasteiger partial charge in [0.05, 0.1) is 10.6 Å². The van der Waals surface area contributed by atoms with E-state index < -0.39 is 11.7 Å². The Bertz CT molecular complexity index is 492. The highest BCUT2D eigenvalue weighted by atomic mass is 35.5. The number of carbonyl (C=O) groups excluding carboxylic acids is 1. The first-order valence-electron chi connectivity index (χ1n) is 5.14. The van der Waals surface area contributed by atoms with Gasteiger partial charge < -0.3 is 4.90 Å². The normalized spacial score (nSPS) is 20.6. The first-order chi connectivity index (χ1) is 8.29. The molecule has 1 amide bonds. The summed E-state index contributed by atoms with van der Waals surface area (Å²) in [6, 6.07) is 3.45. The van der Waals surface area contributed by atoms with E-state index in [-0.39, 0.29) is 28.3 Å². The van der Waals surface area contributed by atoms with Crippen molar-refractivity contribution in [1.82, 2.24) is 0 Å². The van der Waals surface area contributed by atoms with Crippen LogP contribution >= 0.6 is 24.2 Å². The summed E-state index contributed by atoms with van der Waals surface area (Å²) in [4.78, 5) is 12.9. The topological polar surface area (TPSA) is 20.3 Å². The Morgan fingerprint density at radius 1 is 1.39 bits per heavy atom. The molecule has 0 saturated carbocycles. The van der Waals surface area contributed by atoms with E-state index in [4.69, 9.17) is 11.6 Å². The third-order valence-corrected chi connectivity index (χ3v) is 3.35. The lowest BCUT2D eigenvalue weighted by Crippen LogP contribution is -2.25. The molecule has 98 valence electrons. The van der Waals surface area contributed by atoms with Gasteiger partial charge in [0.1, 0.15) is 0 Å². The standard InChI is InChI=1S/C11H9ClF3NOS/c12-9-2-1-6(3-8(9)11(13,14)15)16-5-7(18)4-10(16)17/h1-3,7,18H,4-5H2. The van der Waals surface area contributed by atoms with Crippen LogP contribution in [0.4, 0.5) is 18.9 Å². The van der Waals surface area contributed by atoms with Crippen LogP contribution in [0.2, 0.25) is 5.02 Å². The molecule has 1 aliphatic heterocycles. The Hall–Kier alpha value is -0.880. The average molecular weight is 296 g/mol. The van der Waals surface area contributed by atoms with Crippen LogP contribution in [-0.4, -0.2) is 17.7 Å². The first-order valence-corrected chi connectivity index (χ1v) is 6.03. The summed E-state index contributed by atoms with van der Waals surface area (Å²) >= 11 is 9.67. The number of thiol groups is 1. The number of nitrogens with zero attached hydrogens (tertiary/aromatic N) is 1. The number of rotatable bonds is 1. The van der Waals surface area contributed by atoms with Crippen LogP contribution in [0, 0.1) is 0 Å². The minimum atomic E-state index is -4.53. The summed E-state index contributed by atoms with van der Waals surface area (Å²) in [5, 5.41) is -0.525. The maximum absolute atomic E-state index is 12.7. The van der Waals surface area contributed by atoms with E-state index in [0.29, 0.717) is 6.54 Å². The van der Waals surface area contributed by atoms with Gasteiger partial charge in [-0.25, -0.2) is 0 Å². The molecule has 18 heavy (non-hydrogen) atoms. The van der Waals surface area contributed by atoms with E-state index in [1.807, 2.05) is 0 Å². The van der Waals surface area contributed by atoms with Crippen LogP contribution < -0.4 is 4.90 Å². The second-order valence-corrected chi connectivity index (χ2v) is 5.16. The molecule has 7 heteroatoms. The van der Waals surface area contributed by atoms with Crippen molar-refractivity contribution in [2.45, 2.75) is 17.8 Å². The smallest absolute Gasteiger partial charge is 0.311 e. The van der Waals surface area contributed by atoms with Crippen LogP contribution in [0.3, 0.4) is 0 Å². The van der Waals surface area contributed by atoms with Gasteiger partial charge in [0.15, 0.2) is 0 Å². The fraction of sp³-hybridized carbons (Fsp3) is 0.364. The SMILES string of the molecule is O=C1CC(S)CN1c1ccc(Cl)c(C(F)(F)F)c1. The van der Waals surface area contributed by atoms with Crippen molar-refractivity contribution in [3.05, 3.63) is 28.8 Å². The molecule has 1 saturated heterocycles.